The highest BCUT2D eigenvalue weighted by molar-refractivity contribution is 7.89. The van der Waals surface area contributed by atoms with Gasteiger partial charge in [-0.15, -0.1) is 0 Å². The minimum absolute atomic E-state index is 0.245. The van der Waals surface area contributed by atoms with Gasteiger partial charge in [0.2, 0.25) is 15.9 Å². The molecule has 0 radical (unpaired) electrons. The Morgan fingerprint density at radius 1 is 1.12 bits per heavy atom. The van der Waals surface area contributed by atoms with E-state index in [1.54, 1.807) is 26.0 Å². The summed E-state index contributed by atoms with van der Waals surface area (Å²) in [6.45, 7) is 5.42. The second kappa shape index (κ2) is 8.20. The lowest BCUT2D eigenvalue weighted by molar-refractivity contribution is -0.121. The Labute approximate surface area is 160 Å². The van der Waals surface area contributed by atoms with E-state index in [1.807, 2.05) is 31.2 Å². The summed E-state index contributed by atoms with van der Waals surface area (Å²) in [6.07, 6.45) is 0. The summed E-state index contributed by atoms with van der Waals surface area (Å²) in [7, 11) is -2.35. The first kappa shape index (κ1) is 20.4. The molecular formula is C19H23ClN2O3S. The van der Waals surface area contributed by atoms with Crippen LogP contribution in [0.3, 0.4) is 0 Å². The molecule has 0 fully saturated rings. The molecule has 1 amide bonds. The number of likely N-dealkylation sites (N-methyl/N-ethyl adjacent to an activating group) is 1. The van der Waals surface area contributed by atoms with E-state index in [-0.39, 0.29) is 18.0 Å². The number of benzene rings is 2. The lowest BCUT2D eigenvalue weighted by Crippen LogP contribution is -2.38. The Bertz CT molecular complexity index is 903. The lowest BCUT2D eigenvalue weighted by Gasteiger charge is -2.20. The minimum atomic E-state index is -3.76. The lowest BCUT2D eigenvalue weighted by atomic mass is 10.1. The fraction of sp³-hybridized carbons (Fsp3) is 0.316. The van der Waals surface area contributed by atoms with Crippen molar-refractivity contribution >= 4 is 27.5 Å². The number of nitrogens with one attached hydrogen (secondary N) is 1. The molecule has 0 bridgehead atoms. The standard InChI is InChI=1S/C19H23ClN2O3S/c1-13-9-14(2)19(15(3)10-13)26(24,25)22(4)12-18(23)21-11-16-7-5-6-8-17(16)20/h5-10H,11-12H2,1-4H3,(H,21,23). The van der Waals surface area contributed by atoms with E-state index in [1.165, 1.54) is 7.05 Å². The second-order valence-corrected chi connectivity index (χ2v) is 8.75. The predicted octanol–water partition coefficient (Wildman–Crippen LogP) is 3.20. The SMILES string of the molecule is Cc1cc(C)c(S(=O)(=O)N(C)CC(=O)NCc2ccccc2Cl)c(C)c1. The zero-order valence-corrected chi connectivity index (χ0v) is 16.9. The van der Waals surface area contributed by atoms with Gasteiger partial charge >= 0.3 is 0 Å². The van der Waals surface area contributed by atoms with E-state index in [4.69, 9.17) is 11.6 Å². The van der Waals surface area contributed by atoms with Crippen LogP contribution in [0.2, 0.25) is 5.02 Å². The molecule has 140 valence electrons. The van der Waals surface area contributed by atoms with Crippen LogP contribution in [-0.2, 0) is 21.4 Å². The summed E-state index contributed by atoms with van der Waals surface area (Å²) in [5, 5.41) is 3.26. The predicted molar refractivity (Wildman–Crippen MR) is 104 cm³/mol. The first-order valence-corrected chi connectivity index (χ1v) is 9.99. The highest BCUT2D eigenvalue weighted by Gasteiger charge is 2.26. The smallest absolute Gasteiger partial charge is 0.243 e. The third-order valence-corrected chi connectivity index (χ3v) is 6.55. The van der Waals surface area contributed by atoms with Crippen LogP contribution in [-0.4, -0.2) is 32.2 Å². The number of hydrogen-bond acceptors (Lipinski definition) is 3. The average molecular weight is 395 g/mol. The number of hydrogen-bond donors (Lipinski definition) is 1. The van der Waals surface area contributed by atoms with E-state index in [0.29, 0.717) is 16.1 Å². The van der Waals surface area contributed by atoms with Crippen LogP contribution < -0.4 is 5.32 Å². The number of nitrogens with zero attached hydrogens (tertiary/aromatic N) is 1. The molecule has 2 aromatic rings. The minimum Gasteiger partial charge on any atom is -0.351 e. The van der Waals surface area contributed by atoms with E-state index in [0.717, 1.165) is 15.4 Å². The normalized spacial score (nSPS) is 11.6. The molecule has 26 heavy (non-hydrogen) atoms. The van der Waals surface area contributed by atoms with Crippen molar-refractivity contribution in [3.8, 4) is 0 Å². The van der Waals surface area contributed by atoms with Crippen molar-refractivity contribution < 1.29 is 13.2 Å². The van der Waals surface area contributed by atoms with Crippen molar-refractivity contribution in [1.29, 1.82) is 0 Å². The van der Waals surface area contributed by atoms with Crippen molar-refractivity contribution in [1.82, 2.24) is 9.62 Å². The average Bonchev–Trinajstić information content (AvgIpc) is 2.52. The maximum atomic E-state index is 12.9. The molecular weight excluding hydrogens is 372 g/mol. The molecule has 0 aliphatic rings. The molecule has 0 saturated carbocycles. The summed E-state index contributed by atoms with van der Waals surface area (Å²) in [5.74, 6) is -0.390. The first-order valence-electron chi connectivity index (χ1n) is 8.17. The molecule has 0 atom stereocenters. The number of carbonyl (C=O) groups excluding carboxylic acids is 1. The fourth-order valence-electron chi connectivity index (χ4n) is 2.91. The van der Waals surface area contributed by atoms with Crippen LogP contribution in [0.1, 0.15) is 22.3 Å². The van der Waals surface area contributed by atoms with Crippen LogP contribution in [0.25, 0.3) is 0 Å². The Morgan fingerprint density at radius 2 is 1.69 bits per heavy atom. The number of rotatable bonds is 6. The van der Waals surface area contributed by atoms with Crippen LogP contribution in [0.4, 0.5) is 0 Å². The van der Waals surface area contributed by atoms with Gasteiger partial charge in [0.25, 0.3) is 0 Å². The maximum absolute atomic E-state index is 12.9. The van der Waals surface area contributed by atoms with Gasteiger partial charge in [-0.05, 0) is 43.5 Å². The Kier molecular flexibility index (Phi) is 6.44. The van der Waals surface area contributed by atoms with Crippen molar-refractivity contribution in [3.63, 3.8) is 0 Å². The fourth-order valence-corrected chi connectivity index (χ4v) is 4.64. The van der Waals surface area contributed by atoms with Gasteiger partial charge in [0, 0.05) is 18.6 Å². The number of carbonyl (C=O) groups is 1. The largest absolute Gasteiger partial charge is 0.351 e. The van der Waals surface area contributed by atoms with Crippen molar-refractivity contribution in [2.24, 2.45) is 0 Å². The van der Waals surface area contributed by atoms with Crippen LogP contribution in [0.15, 0.2) is 41.3 Å². The Balaban J connectivity index is 2.10. The van der Waals surface area contributed by atoms with E-state index in [2.05, 4.69) is 5.32 Å². The van der Waals surface area contributed by atoms with Crippen molar-refractivity contribution in [2.75, 3.05) is 13.6 Å². The van der Waals surface area contributed by atoms with Gasteiger partial charge in [0.1, 0.15) is 0 Å². The molecule has 0 spiro atoms. The molecule has 0 aliphatic carbocycles. The molecule has 2 rings (SSSR count). The van der Waals surface area contributed by atoms with E-state index in [9.17, 15) is 13.2 Å². The van der Waals surface area contributed by atoms with Crippen LogP contribution in [0, 0.1) is 20.8 Å². The maximum Gasteiger partial charge on any atom is 0.243 e. The number of halogens is 1. The topological polar surface area (TPSA) is 66.5 Å². The second-order valence-electron chi connectivity index (χ2n) is 6.36. The zero-order chi connectivity index (χ0) is 19.5. The summed E-state index contributed by atoms with van der Waals surface area (Å²) in [5.41, 5.74) is 3.12. The first-order chi connectivity index (χ1) is 12.1. The molecule has 2 aromatic carbocycles. The highest BCUT2D eigenvalue weighted by Crippen LogP contribution is 2.24. The Hall–Kier alpha value is -1.89. The summed E-state index contributed by atoms with van der Waals surface area (Å²) in [4.78, 5) is 12.4. The molecule has 0 aromatic heterocycles. The third-order valence-electron chi connectivity index (χ3n) is 4.07. The van der Waals surface area contributed by atoms with Crippen molar-refractivity contribution in [3.05, 3.63) is 63.7 Å². The monoisotopic (exact) mass is 394 g/mol. The molecule has 7 heteroatoms. The highest BCUT2D eigenvalue weighted by atomic mass is 35.5. The van der Waals surface area contributed by atoms with Gasteiger partial charge in [-0.3, -0.25) is 4.79 Å². The molecule has 0 aliphatic heterocycles. The van der Waals surface area contributed by atoms with Gasteiger partial charge in [0.15, 0.2) is 0 Å². The third kappa shape index (κ3) is 4.63. The van der Waals surface area contributed by atoms with Gasteiger partial charge in [-0.1, -0.05) is 47.5 Å². The molecule has 1 N–H and O–H groups in total. The number of aryl methyl sites for hydroxylation is 3. The quantitative estimate of drug-likeness (QED) is 0.818. The molecule has 0 heterocycles. The van der Waals surface area contributed by atoms with E-state index >= 15 is 0 Å². The Morgan fingerprint density at radius 3 is 2.27 bits per heavy atom. The van der Waals surface area contributed by atoms with Gasteiger partial charge in [-0.2, -0.15) is 4.31 Å². The molecule has 5 nitrogen and oxygen atoms in total. The molecule has 0 unspecified atom stereocenters. The van der Waals surface area contributed by atoms with Gasteiger partial charge in [-0.25, -0.2) is 8.42 Å². The zero-order valence-electron chi connectivity index (χ0n) is 15.3. The van der Waals surface area contributed by atoms with Crippen LogP contribution >= 0.6 is 11.6 Å². The van der Waals surface area contributed by atoms with Gasteiger partial charge in [0.05, 0.1) is 11.4 Å². The van der Waals surface area contributed by atoms with Crippen LogP contribution in [0.5, 0.6) is 0 Å². The summed E-state index contributed by atoms with van der Waals surface area (Å²) in [6, 6.07) is 10.8. The summed E-state index contributed by atoms with van der Waals surface area (Å²) < 4.78 is 26.8. The summed E-state index contributed by atoms with van der Waals surface area (Å²) >= 11 is 6.06. The van der Waals surface area contributed by atoms with Gasteiger partial charge < -0.3 is 5.32 Å². The number of amides is 1. The van der Waals surface area contributed by atoms with E-state index < -0.39 is 15.9 Å². The number of sulfonamides is 1. The van der Waals surface area contributed by atoms with Crippen molar-refractivity contribution in [2.45, 2.75) is 32.2 Å². The molecule has 0 saturated heterocycles.